The zero-order chi connectivity index (χ0) is 9.14. The Morgan fingerprint density at radius 2 is 2.17 bits per heavy atom. The van der Waals surface area contributed by atoms with Crippen molar-refractivity contribution >= 4 is 15.9 Å². The molecule has 0 bridgehead atoms. The fourth-order valence-corrected chi connectivity index (χ4v) is 1.53. The van der Waals surface area contributed by atoms with Crippen molar-refractivity contribution in [3.63, 3.8) is 0 Å². The summed E-state index contributed by atoms with van der Waals surface area (Å²) in [4.78, 5) is 0.447. The van der Waals surface area contributed by atoms with Crippen LogP contribution in [0.3, 0.4) is 0 Å². The van der Waals surface area contributed by atoms with Gasteiger partial charge in [0.1, 0.15) is 5.82 Å². The summed E-state index contributed by atoms with van der Waals surface area (Å²) in [5.41, 5.74) is 1.90. The van der Waals surface area contributed by atoms with Crippen molar-refractivity contribution in [2.75, 3.05) is 0 Å². The summed E-state index contributed by atoms with van der Waals surface area (Å²) in [6.45, 7) is 3.87. The molecule has 0 amide bonds. The van der Waals surface area contributed by atoms with Gasteiger partial charge in [0.15, 0.2) is 0 Å². The van der Waals surface area contributed by atoms with Crippen LogP contribution < -0.4 is 0 Å². The molecule has 1 aromatic rings. The van der Waals surface area contributed by atoms with Crippen molar-refractivity contribution in [3.05, 3.63) is 35.1 Å². The number of hydrogen-bond acceptors (Lipinski definition) is 0. The van der Waals surface area contributed by atoms with Crippen LogP contribution in [0.25, 0.3) is 0 Å². The molecular formula is C10H12BrF. The Morgan fingerprint density at radius 1 is 1.50 bits per heavy atom. The molecule has 0 nitrogen and oxygen atoms in total. The van der Waals surface area contributed by atoms with E-state index in [0.717, 1.165) is 12.0 Å². The average Bonchev–Trinajstić information content (AvgIpc) is 1.96. The van der Waals surface area contributed by atoms with Crippen LogP contribution in [0.15, 0.2) is 18.2 Å². The molecule has 0 N–H and O–H groups in total. The largest absolute Gasteiger partial charge is 0.207 e. The van der Waals surface area contributed by atoms with Crippen LogP contribution in [-0.2, 0) is 6.42 Å². The summed E-state index contributed by atoms with van der Waals surface area (Å²) >= 11 is 3.46. The van der Waals surface area contributed by atoms with E-state index >= 15 is 0 Å². The van der Waals surface area contributed by atoms with Crippen molar-refractivity contribution in [2.45, 2.75) is 25.1 Å². The first-order valence-corrected chi connectivity index (χ1v) is 4.90. The zero-order valence-electron chi connectivity index (χ0n) is 7.27. The Balaban J connectivity index is 2.82. The van der Waals surface area contributed by atoms with E-state index < -0.39 is 0 Å². The molecule has 2 heteroatoms. The van der Waals surface area contributed by atoms with Crippen LogP contribution >= 0.6 is 15.9 Å². The third-order valence-electron chi connectivity index (χ3n) is 1.74. The summed E-state index contributed by atoms with van der Waals surface area (Å²) in [7, 11) is 0. The lowest BCUT2D eigenvalue weighted by molar-refractivity contribution is 0.617. The van der Waals surface area contributed by atoms with Gasteiger partial charge in [-0.3, -0.25) is 0 Å². The maximum Gasteiger partial charge on any atom is 0.126 e. The molecule has 0 heterocycles. The summed E-state index contributed by atoms with van der Waals surface area (Å²) in [5.74, 6) is -0.124. The summed E-state index contributed by atoms with van der Waals surface area (Å²) in [6.07, 6.45) is 0.946. The minimum Gasteiger partial charge on any atom is -0.207 e. The van der Waals surface area contributed by atoms with Gasteiger partial charge in [0.25, 0.3) is 0 Å². The molecule has 0 radical (unpaired) electrons. The first-order chi connectivity index (χ1) is 5.59. The Kier molecular flexibility index (Phi) is 3.27. The van der Waals surface area contributed by atoms with Crippen LogP contribution in [0.5, 0.6) is 0 Å². The van der Waals surface area contributed by atoms with Gasteiger partial charge in [-0.15, -0.1) is 0 Å². The molecule has 0 saturated heterocycles. The zero-order valence-corrected chi connectivity index (χ0v) is 8.86. The molecule has 0 fully saturated rings. The highest BCUT2D eigenvalue weighted by molar-refractivity contribution is 9.09. The maximum atomic E-state index is 12.8. The number of aryl methyl sites for hydroxylation is 1. The number of rotatable bonds is 2. The molecule has 12 heavy (non-hydrogen) atoms. The Labute approximate surface area is 80.9 Å². The van der Waals surface area contributed by atoms with E-state index in [-0.39, 0.29) is 5.82 Å². The van der Waals surface area contributed by atoms with E-state index in [0.29, 0.717) is 4.83 Å². The van der Waals surface area contributed by atoms with Crippen LogP contribution in [0.1, 0.15) is 18.1 Å². The number of alkyl halides is 1. The fraction of sp³-hybridized carbons (Fsp3) is 0.400. The van der Waals surface area contributed by atoms with Gasteiger partial charge in [-0.2, -0.15) is 0 Å². The van der Waals surface area contributed by atoms with Gasteiger partial charge in [0.05, 0.1) is 0 Å². The van der Waals surface area contributed by atoms with Crippen molar-refractivity contribution in [3.8, 4) is 0 Å². The minimum atomic E-state index is -0.124. The van der Waals surface area contributed by atoms with Gasteiger partial charge in [0.2, 0.25) is 0 Å². The van der Waals surface area contributed by atoms with E-state index in [4.69, 9.17) is 0 Å². The first kappa shape index (κ1) is 9.72. The van der Waals surface area contributed by atoms with E-state index in [1.807, 2.05) is 12.1 Å². The van der Waals surface area contributed by atoms with Crippen LogP contribution in [0.4, 0.5) is 4.39 Å². The lowest BCUT2D eigenvalue weighted by Crippen LogP contribution is -1.97. The van der Waals surface area contributed by atoms with Gasteiger partial charge >= 0.3 is 0 Å². The molecule has 1 aromatic carbocycles. The highest BCUT2D eigenvalue weighted by Crippen LogP contribution is 2.13. The molecular weight excluding hydrogens is 219 g/mol. The molecule has 1 atom stereocenters. The standard InChI is InChI=1S/C10H12BrF/c1-7-5-9(6-8(2)11)3-4-10(7)12/h3-5,8H,6H2,1-2H3. The lowest BCUT2D eigenvalue weighted by Gasteiger charge is -2.04. The fourth-order valence-electron chi connectivity index (χ4n) is 1.16. The highest BCUT2D eigenvalue weighted by atomic mass is 79.9. The average molecular weight is 231 g/mol. The number of hydrogen-bond donors (Lipinski definition) is 0. The molecule has 0 aliphatic rings. The minimum absolute atomic E-state index is 0.124. The van der Waals surface area contributed by atoms with E-state index in [1.54, 1.807) is 6.92 Å². The second-order valence-electron chi connectivity index (χ2n) is 3.07. The van der Waals surface area contributed by atoms with Crippen LogP contribution in [-0.4, -0.2) is 4.83 Å². The molecule has 0 aromatic heterocycles. The van der Waals surface area contributed by atoms with Crippen molar-refractivity contribution in [1.82, 2.24) is 0 Å². The predicted octanol–water partition coefficient (Wildman–Crippen LogP) is 3.46. The lowest BCUT2D eigenvalue weighted by atomic mass is 10.1. The van der Waals surface area contributed by atoms with E-state index in [1.165, 1.54) is 11.6 Å². The first-order valence-electron chi connectivity index (χ1n) is 3.98. The Hall–Kier alpha value is -0.370. The van der Waals surface area contributed by atoms with Crippen molar-refractivity contribution in [2.24, 2.45) is 0 Å². The quantitative estimate of drug-likeness (QED) is 0.683. The van der Waals surface area contributed by atoms with E-state index in [9.17, 15) is 4.39 Å². The van der Waals surface area contributed by atoms with Crippen molar-refractivity contribution < 1.29 is 4.39 Å². The van der Waals surface area contributed by atoms with Gasteiger partial charge in [-0.1, -0.05) is 35.0 Å². The smallest absolute Gasteiger partial charge is 0.126 e. The van der Waals surface area contributed by atoms with Crippen molar-refractivity contribution in [1.29, 1.82) is 0 Å². The normalized spacial score (nSPS) is 13.0. The summed E-state index contributed by atoms with van der Waals surface area (Å²) in [5, 5.41) is 0. The number of benzene rings is 1. The Morgan fingerprint density at radius 3 is 2.67 bits per heavy atom. The summed E-state index contributed by atoms with van der Waals surface area (Å²) < 4.78 is 12.8. The molecule has 1 unspecified atom stereocenters. The molecule has 0 spiro atoms. The third-order valence-corrected chi connectivity index (χ3v) is 2.06. The monoisotopic (exact) mass is 230 g/mol. The van der Waals surface area contributed by atoms with Crippen LogP contribution in [0, 0.1) is 12.7 Å². The Bertz CT molecular complexity index is 269. The predicted molar refractivity (Wildman–Crippen MR) is 53.2 cm³/mol. The molecule has 1 rings (SSSR count). The topological polar surface area (TPSA) is 0 Å². The molecule has 0 aliphatic carbocycles. The summed E-state index contributed by atoms with van der Waals surface area (Å²) in [6, 6.07) is 5.26. The van der Waals surface area contributed by atoms with Gasteiger partial charge in [-0.25, -0.2) is 4.39 Å². The van der Waals surface area contributed by atoms with Gasteiger partial charge < -0.3 is 0 Å². The highest BCUT2D eigenvalue weighted by Gasteiger charge is 2.01. The molecule has 66 valence electrons. The SMILES string of the molecule is Cc1cc(CC(C)Br)ccc1F. The van der Waals surface area contributed by atoms with E-state index in [2.05, 4.69) is 22.9 Å². The van der Waals surface area contributed by atoms with Crippen LogP contribution in [0.2, 0.25) is 0 Å². The molecule has 0 aliphatic heterocycles. The van der Waals surface area contributed by atoms with Gasteiger partial charge in [-0.05, 0) is 30.5 Å². The maximum absolute atomic E-state index is 12.8. The molecule has 0 saturated carbocycles. The second-order valence-corrected chi connectivity index (χ2v) is 4.63. The second kappa shape index (κ2) is 4.04. The van der Waals surface area contributed by atoms with Gasteiger partial charge in [0, 0.05) is 4.83 Å². The third kappa shape index (κ3) is 2.59. The number of halogens is 2.